The molecule has 7 nitrogen and oxygen atoms in total. The van der Waals surface area contributed by atoms with Gasteiger partial charge in [0.2, 0.25) is 0 Å². The fourth-order valence-corrected chi connectivity index (χ4v) is 5.73. The lowest BCUT2D eigenvalue weighted by atomic mass is 9.90. The fourth-order valence-electron chi connectivity index (χ4n) is 4.84. The molecule has 0 spiro atoms. The molecule has 1 unspecified atom stereocenters. The zero-order valence-corrected chi connectivity index (χ0v) is 19.4. The maximum atomic E-state index is 12.5. The Morgan fingerprint density at radius 3 is 2.78 bits per heavy atom. The number of nitrogens with zero attached hydrogens (tertiary/aromatic N) is 1. The molecular weight excluding hydrogens is 428 g/mol. The monoisotopic (exact) mass is 460 g/mol. The van der Waals surface area contributed by atoms with Gasteiger partial charge in [-0.1, -0.05) is 17.3 Å². The predicted molar refractivity (Wildman–Crippen MR) is 122 cm³/mol. The van der Waals surface area contributed by atoms with E-state index in [1.807, 2.05) is 19.3 Å². The largest absolute Gasteiger partial charge is 0.459 e. The molecule has 2 fully saturated rings. The Morgan fingerprint density at radius 1 is 1.16 bits per heavy atom. The van der Waals surface area contributed by atoms with Crippen LogP contribution >= 0.6 is 11.8 Å². The molecule has 1 aromatic rings. The minimum absolute atomic E-state index is 0.155. The summed E-state index contributed by atoms with van der Waals surface area (Å²) < 4.78 is 11.9. The molecular formula is C24H32N2O5S. The van der Waals surface area contributed by atoms with Crippen molar-refractivity contribution in [3.63, 3.8) is 0 Å². The van der Waals surface area contributed by atoms with Crippen molar-refractivity contribution in [3.05, 3.63) is 41.2 Å². The molecule has 4 atom stereocenters. The van der Waals surface area contributed by atoms with Crippen LogP contribution in [0, 0.1) is 0 Å². The molecule has 2 bridgehead atoms. The molecule has 0 aliphatic carbocycles. The van der Waals surface area contributed by atoms with Gasteiger partial charge in [0.25, 0.3) is 5.24 Å². The van der Waals surface area contributed by atoms with Crippen LogP contribution in [0.5, 0.6) is 0 Å². The third kappa shape index (κ3) is 5.91. The Morgan fingerprint density at radius 2 is 1.97 bits per heavy atom. The Hall–Kier alpha value is -1.90. The molecule has 32 heavy (non-hydrogen) atoms. The maximum absolute atomic E-state index is 12.5. The van der Waals surface area contributed by atoms with E-state index in [4.69, 9.17) is 9.47 Å². The van der Waals surface area contributed by atoms with Crippen LogP contribution < -0.4 is 5.32 Å². The summed E-state index contributed by atoms with van der Waals surface area (Å²) in [6.45, 7) is 1.95. The SMILES string of the molecule is CC1=CC(=O)O[C@@H]2CC(CCCc3ccncc3CCCC1)O[C@@](O)([C@@H]1CSC(=O)N1)C2. The number of aromatic nitrogens is 1. The standard InChI is InChI=1S/C24H32N2O5S/c1-16-5-2-3-6-18-14-25-10-9-17(18)7-4-8-19-12-20(30-22(27)11-16)13-24(29,31-19)21-15-32-23(28)26-21/h9-11,14,19-21,29H,2-8,12-13,15H2,1H3,(H,26,28)/t19?,20-,21+,24-/m1/s1. The van der Waals surface area contributed by atoms with Crippen LogP contribution in [0.25, 0.3) is 0 Å². The van der Waals surface area contributed by atoms with Gasteiger partial charge in [0, 0.05) is 37.1 Å². The summed E-state index contributed by atoms with van der Waals surface area (Å²) in [5, 5.41) is 13.9. The molecule has 0 aromatic carbocycles. The smallest absolute Gasteiger partial charge is 0.330 e. The molecule has 1 aromatic heterocycles. The number of pyridine rings is 1. The third-order valence-corrected chi connectivity index (χ3v) is 7.41. The number of carbonyl (C=O) groups is 2. The molecule has 1 amide bonds. The molecule has 174 valence electrons. The summed E-state index contributed by atoms with van der Waals surface area (Å²) in [5.41, 5.74) is 3.59. The Labute approximate surface area is 193 Å². The van der Waals surface area contributed by atoms with Crippen LogP contribution in [-0.4, -0.2) is 51.1 Å². The number of nitrogens with one attached hydrogen (secondary N) is 1. The van der Waals surface area contributed by atoms with Gasteiger partial charge in [0.05, 0.1) is 12.1 Å². The van der Waals surface area contributed by atoms with Crippen molar-refractivity contribution in [2.24, 2.45) is 0 Å². The van der Waals surface area contributed by atoms with Gasteiger partial charge < -0.3 is 19.9 Å². The summed E-state index contributed by atoms with van der Waals surface area (Å²) in [6.07, 6.45) is 11.8. The lowest BCUT2D eigenvalue weighted by Crippen LogP contribution is -2.58. The van der Waals surface area contributed by atoms with E-state index >= 15 is 0 Å². The number of carbonyl (C=O) groups excluding carboxylic acids is 2. The minimum Gasteiger partial charge on any atom is -0.459 e. The summed E-state index contributed by atoms with van der Waals surface area (Å²) >= 11 is 1.14. The molecule has 3 aliphatic rings. The quantitative estimate of drug-likeness (QED) is 0.617. The highest BCUT2D eigenvalue weighted by atomic mass is 32.2. The molecule has 3 aliphatic heterocycles. The van der Waals surface area contributed by atoms with E-state index in [9.17, 15) is 14.7 Å². The number of allylic oxidation sites excluding steroid dienone is 1. The second kappa shape index (κ2) is 10.4. The van der Waals surface area contributed by atoms with E-state index in [0.29, 0.717) is 12.2 Å². The Balaban J connectivity index is 1.54. The van der Waals surface area contributed by atoms with Crippen LogP contribution in [0.3, 0.4) is 0 Å². The van der Waals surface area contributed by atoms with Gasteiger partial charge in [-0.05, 0) is 69.1 Å². The zero-order chi connectivity index (χ0) is 22.6. The van der Waals surface area contributed by atoms with Crippen LogP contribution in [-0.2, 0) is 27.1 Å². The first-order valence-corrected chi connectivity index (χ1v) is 12.5. The lowest BCUT2D eigenvalue weighted by Gasteiger charge is -2.43. The third-order valence-electron chi connectivity index (χ3n) is 6.53. The highest BCUT2D eigenvalue weighted by Gasteiger charge is 2.49. The van der Waals surface area contributed by atoms with E-state index in [-0.39, 0.29) is 23.7 Å². The summed E-state index contributed by atoms with van der Waals surface area (Å²) in [7, 11) is 0. The number of fused-ring (bicyclic) bond motifs is 3. The van der Waals surface area contributed by atoms with E-state index in [1.54, 1.807) is 6.08 Å². The molecule has 4 rings (SSSR count). The average molecular weight is 461 g/mol. The van der Waals surface area contributed by atoms with Crippen molar-refractivity contribution in [2.45, 2.75) is 88.7 Å². The van der Waals surface area contributed by atoms with Crippen molar-refractivity contribution in [3.8, 4) is 0 Å². The summed E-state index contributed by atoms with van der Waals surface area (Å²) in [6, 6.07) is 1.58. The summed E-state index contributed by atoms with van der Waals surface area (Å²) in [4.78, 5) is 28.6. The van der Waals surface area contributed by atoms with E-state index in [2.05, 4.69) is 16.4 Å². The number of thioether (sulfide) groups is 1. The zero-order valence-electron chi connectivity index (χ0n) is 18.5. The van der Waals surface area contributed by atoms with Crippen LogP contribution in [0.2, 0.25) is 0 Å². The summed E-state index contributed by atoms with van der Waals surface area (Å²) in [5.74, 6) is -1.48. The van der Waals surface area contributed by atoms with Gasteiger partial charge in [0.15, 0.2) is 5.79 Å². The molecule has 4 heterocycles. The van der Waals surface area contributed by atoms with E-state index < -0.39 is 17.9 Å². The number of hydrogen-bond donors (Lipinski definition) is 2. The van der Waals surface area contributed by atoms with E-state index in [0.717, 1.165) is 62.3 Å². The number of esters is 1. The Bertz CT molecular complexity index is 876. The van der Waals surface area contributed by atoms with E-state index in [1.165, 1.54) is 11.1 Å². The normalized spacial score (nSPS) is 32.4. The number of aliphatic hydroxyl groups is 1. The van der Waals surface area contributed by atoms with Crippen molar-refractivity contribution in [1.82, 2.24) is 10.3 Å². The van der Waals surface area contributed by atoms with Gasteiger partial charge in [-0.25, -0.2) is 4.79 Å². The van der Waals surface area contributed by atoms with Crippen molar-refractivity contribution < 1.29 is 24.2 Å². The average Bonchev–Trinajstić information content (AvgIpc) is 3.18. The molecule has 8 heteroatoms. The highest BCUT2D eigenvalue weighted by molar-refractivity contribution is 8.14. The van der Waals surface area contributed by atoms with Crippen molar-refractivity contribution in [2.75, 3.05) is 5.75 Å². The van der Waals surface area contributed by atoms with Crippen LogP contribution in [0.4, 0.5) is 4.79 Å². The van der Waals surface area contributed by atoms with Crippen LogP contribution in [0.1, 0.15) is 63.0 Å². The highest BCUT2D eigenvalue weighted by Crippen LogP contribution is 2.36. The number of hydrogen-bond acceptors (Lipinski definition) is 7. The molecule has 2 N–H and O–H groups in total. The van der Waals surface area contributed by atoms with Gasteiger partial charge >= 0.3 is 5.97 Å². The van der Waals surface area contributed by atoms with Crippen molar-refractivity contribution >= 4 is 23.0 Å². The first kappa shape index (κ1) is 23.3. The number of aryl methyl sites for hydroxylation is 2. The minimum atomic E-state index is -1.54. The first-order valence-electron chi connectivity index (χ1n) is 11.5. The predicted octanol–water partition coefficient (Wildman–Crippen LogP) is 3.68. The number of amides is 1. The number of rotatable bonds is 1. The Kier molecular flexibility index (Phi) is 7.53. The fraction of sp³-hybridized carbons (Fsp3) is 0.625. The number of ether oxygens (including phenoxy) is 2. The second-order valence-electron chi connectivity index (χ2n) is 9.11. The maximum Gasteiger partial charge on any atom is 0.330 e. The van der Waals surface area contributed by atoms with Gasteiger partial charge in [0.1, 0.15) is 6.10 Å². The van der Waals surface area contributed by atoms with Gasteiger partial charge in [-0.3, -0.25) is 9.78 Å². The van der Waals surface area contributed by atoms with Crippen LogP contribution in [0.15, 0.2) is 30.1 Å². The van der Waals surface area contributed by atoms with Gasteiger partial charge in [-0.15, -0.1) is 0 Å². The second-order valence-corrected chi connectivity index (χ2v) is 10.1. The lowest BCUT2D eigenvalue weighted by molar-refractivity contribution is -0.283. The molecule has 0 saturated carbocycles. The van der Waals surface area contributed by atoms with Crippen molar-refractivity contribution in [1.29, 1.82) is 0 Å². The van der Waals surface area contributed by atoms with Gasteiger partial charge in [-0.2, -0.15) is 0 Å². The first-order chi connectivity index (χ1) is 15.4. The molecule has 2 saturated heterocycles. The molecule has 0 radical (unpaired) electrons. The topological polar surface area (TPSA) is 97.8 Å².